The zero-order chi connectivity index (χ0) is 23.8. The molecule has 0 radical (unpaired) electrons. The number of hydrogen-bond acceptors (Lipinski definition) is 4. The van der Waals surface area contributed by atoms with Gasteiger partial charge in [0.15, 0.2) is 0 Å². The maximum absolute atomic E-state index is 13.5. The van der Waals surface area contributed by atoms with Crippen molar-refractivity contribution in [2.75, 3.05) is 11.9 Å². The van der Waals surface area contributed by atoms with Gasteiger partial charge < -0.3 is 14.8 Å². The van der Waals surface area contributed by atoms with E-state index in [0.29, 0.717) is 39.4 Å². The molecule has 3 aromatic rings. The fourth-order valence-corrected chi connectivity index (χ4v) is 4.30. The minimum atomic E-state index is -0.561. The molecule has 0 saturated carbocycles. The molecule has 3 rings (SSSR count). The fourth-order valence-electron chi connectivity index (χ4n) is 2.93. The summed E-state index contributed by atoms with van der Waals surface area (Å²) in [6, 6.07) is 18.4. The molecule has 1 amide bonds. The second-order valence-electron chi connectivity index (χ2n) is 6.81. The zero-order valence-electron chi connectivity index (χ0n) is 17.6. The summed E-state index contributed by atoms with van der Waals surface area (Å²) in [5.74, 6) is 0.187. The highest BCUT2D eigenvalue weighted by Crippen LogP contribution is 2.35. The van der Waals surface area contributed by atoms with Gasteiger partial charge in [-0.1, -0.05) is 28.1 Å². The second-order valence-corrected chi connectivity index (χ2v) is 8.58. The third kappa shape index (κ3) is 6.91. The van der Waals surface area contributed by atoms with Crippen LogP contribution in [0, 0.1) is 17.1 Å². The van der Waals surface area contributed by atoms with Crippen LogP contribution in [-0.2, 0) is 11.4 Å². The number of hydrogen-bond donors (Lipinski definition) is 1. The summed E-state index contributed by atoms with van der Waals surface area (Å²) in [7, 11) is 0. The number of nitrogens with one attached hydrogen (secondary N) is 1. The van der Waals surface area contributed by atoms with Gasteiger partial charge in [0.05, 0.1) is 11.1 Å². The van der Waals surface area contributed by atoms with Gasteiger partial charge in [0.2, 0.25) is 0 Å². The number of carbonyl (C=O) groups excluding carboxylic acids is 1. The number of carbonyl (C=O) groups is 1. The highest BCUT2D eigenvalue weighted by molar-refractivity contribution is 9.11. The first-order chi connectivity index (χ1) is 15.9. The monoisotopic (exact) mass is 572 g/mol. The van der Waals surface area contributed by atoms with Gasteiger partial charge in [0.25, 0.3) is 5.91 Å². The van der Waals surface area contributed by atoms with Gasteiger partial charge in [-0.2, -0.15) is 5.26 Å². The molecule has 0 spiro atoms. The molecule has 0 aromatic heterocycles. The third-order valence-corrected chi connectivity index (χ3v) is 5.44. The van der Waals surface area contributed by atoms with Crippen LogP contribution < -0.4 is 14.8 Å². The van der Waals surface area contributed by atoms with Crippen molar-refractivity contribution in [3.05, 3.63) is 92.1 Å². The molecular formula is C25H19Br2FN2O3. The van der Waals surface area contributed by atoms with Crippen LogP contribution in [0.3, 0.4) is 0 Å². The van der Waals surface area contributed by atoms with Gasteiger partial charge in [-0.25, -0.2) is 4.39 Å². The Morgan fingerprint density at radius 2 is 1.88 bits per heavy atom. The number of amides is 1. The van der Waals surface area contributed by atoms with Crippen LogP contribution in [0.15, 0.2) is 75.2 Å². The summed E-state index contributed by atoms with van der Waals surface area (Å²) in [5, 5.41) is 12.3. The Morgan fingerprint density at radius 1 is 1.12 bits per heavy atom. The van der Waals surface area contributed by atoms with Crippen molar-refractivity contribution in [3.63, 3.8) is 0 Å². The van der Waals surface area contributed by atoms with E-state index in [1.54, 1.807) is 48.5 Å². The van der Waals surface area contributed by atoms with Crippen LogP contribution >= 0.6 is 31.9 Å². The first-order valence-electron chi connectivity index (χ1n) is 9.92. The lowest BCUT2D eigenvalue weighted by Gasteiger charge is -2.13. The van der Waals surface area contributed by atoms with Crippen molar-refractivity contribution in [2.24, 2.45) is 0 Å². The van der Waals surface area contributed by atoms with E-state index < -0.39 is 5.91 Å². The van der Waals surface area contributed by atoms with Crippen molar-refractivity contribution in [3.8, 4) is 17.6 Å². The minimum Gasteiger partial charge on any atom is -0.494 e. The van der Waals surface area contributed by atoms with Crippen LogP contribution in [0.1, 0.15) is 18.1 Å². The van der Waals surface area contributed by atoms with Gasteiger partial charge in [0, 0.05) is 15.7 Å². The van der Waals surface area contributed by atoms with Crippen LogP contribution in [0.5, 0.6) is 11.5 Å². The van der Waals surface area contributed by atoms with Crippen LogP contribution in [0.4, 0.5) is 10.1 Å². The van der Waals surface area contributed by atoms with E-state index in [-0.39, 0.29) is 18.0 Å². The SMILES string of the molecule is CCOc1ccc(NC(=O)/C(C#N)=C/c2cc(Br)cc(Br)c2OCc2cccc(F)c2)cc1. The third-order valence-electron chi connectivity index (χ3n) is 4.40. The number of benzene rings is 3. The first-order valence-corrected chi connectivity index (χ1v) is 11.5. The Bertz CT molecular complexity index is 1220. The molecule has 168 valence electrons. The average molecular weight is 574 g/mol. The van der Waals surface area contributed by atoms with Crippen LogP contribution in [-0.4, -0.2) is 12.5 Å². The molecule has 0 saturated heterocycles. The summed E-state index contributed by atoms with van der Waals surface area (Å²) >= 11 is 6.87. The summed E-state index contributed by atoms with van der Waals surface area (Å²) in [4.78, 5) is 12.7. The molecule has 0 aliphatic heterocycles. The van der Waals surface area contributed by atoms with Gasteiger partial charge >= 0.3 is 0 Å². The lowest BCUT2D eigenvalue weighted by molar-refractivity contribution is -0.112. The predicted octanol–water partition coefficient (Wildman–Crippen LogP) is 6.87. The molecule has 0 aliphatic rings. The zero-order valence-corrected chi connectivity index (χ0v) is 20.7. The van der Waals surface area contributed by atoms with E-state index in [0.717, 1.165) is 4.47 Å². The first kappa shape index (κ1) is 24.5. The van der Waals surface area contributed by atoms with Crippen molar-refractivity contribution in [1.82, 2.24) is 0 Å². The maximum atomic E-state index is 13.5. The largest absolute Gasteiger partial charge is 0.494 e. The Balaban J connectivity index is 1.84. The summed E-state index contributed by atoms with van der Waals surface area (Å²) in [5.41, 5.74) is 1.58. The van der Waals surface area contributed by atoms with Gasteiger partial charge in [-0.15, -0.1) is 0 Å². The second kappa shape index (κ2) is 11.6. The topological polar surface area (TPSA) is 71.3 Å². The van der Waals surface area contributed by atoms with E-state index >= 15 is 0 Å². The van der Waals surface area contributed by atoms with E-state index in [1.165, 1.54) is 18.2 Å². The number of anilines is 1. The van der Waals surface area contributed by atoms with Crippen molar-refractivity contribution in [2.45, 2.75) is 13.5 Å². The number of halogens is 3. The maximum Gasteiger partial charge on any atom is 0.266 e. The molecule has 3 aromatic carbocycles. The summed E-state index contributed by atoms with van der Waals surface area (Å²) < 4.78 is 26.1. The molecule has 0 fully saturated rings. The van der Waals surface area contributed by atoms with E-state index in [2.05, 4.69) is 37.2 Å². The molecular weight excluding hydrogens is 555 g/mol. The van der Waals surface area contributed by atoms with Crippen molar-refractivity contribution in [1.29, 1.82) is 5.26 Å². The van der Waals surface area contributed by atoms with Gasteiger partial charge in [0.1, 0.15) is 35.6 Å². The fraction of sp³-hybridized carbons (Fsp3) is 0.120. The molecule has 0 aliphatic carbocycles. The molecule has 33 heavy (non-hydrogen) atoms. The number of ether oxygens (including phenoxy) is 2. The smallest absolute Gasteiger partial charge is 0.266 e. The lowest BCUT2D eigenvalue weighted by Crippen LogP contribution is -2.13. The highest BCUT2D eigenvalue weighted by Gasteiger charge is 2.15. The van der Waals surface area contributed by atoms with Crippen molar-refractivity contribution >= 4 is 49.5 Å². The summed E-state index contributed by atoms with van der Waals surface area (Å²) in [6.45, 7) is 2.54. The Labute approximate surface area is 208 Å². The standard InChI is InChI=1S/C25H19Br2FN2O3/c1-2-32-22-8-6-21(7-9-22)30-25(31)18(14-29)11-17-12-19(26)13-23(27)24(17)33-15-16-4-3-5-20(28)10-16/h3-13H,2,15H2,1H3,(H,30,31)/b18-11+. The van der Waals surface area contributed by atoms with Crippen molar-refractivity contribution < 1.29 is 18.7 Å². The minimum absolute atomic E-state index is 0.107. The van der Waals surface area contributed by atoms with E-state index in [4.69, 9.17) is 9.47 Å². The predicted molar refractivity (Wildman–Crippen MR) is 132 cm³/mol. The molecule has 0 heterocycles. The Morgan fingerprint density at radius 3 is 2.55 bits per heavy atom. The van der Waals surface area contributed by atoms with Crippen LogP contribution in [0.25, 0.3) is 6.08 Å². The molecule has 5 nitrogen and oxygen atoms in total. The molecule has 1 N–H and O–H groups in total. The molecule has 0 bridgehead atoms. The Kier molecular flexibility index (Phi) is 8.64. The van der Waals surface area contributed by atoms with Crippen LogP contribution in [0.2, 0.25) is 0 Å². The average Bonchev–Trinajstić information content (AvgIpc) is 2.78. The number of rotatable bonds is 8. The molecule has 0 atom stereocenters. The number of nitriles is 1. The highest BCUT2D eigenvalue weighted by atomic mass is 79.9. The molecule has 8 heteroatoms. The number of nitrogens with zero attached hydrogens (tertiary/aromatic N) is 1. The van der Waals surface area contributed by atoms with Gasteiger partial charge in [-0.05, 0) is 83.0 Å². The van der Waals surface area contributed by atoms with E-state index in [1.807, 2.05) is 13.0 Å². The lowest BCUT2D eigenvalue weighted by atomic mass is 10.1. The quantitative estimate of drug-likeness (QED) is 0.236. The summed E-state index contributed by atoms with van der Waals surface area (Å²) in [6.07, 6.45) is 1.44. The van der Waals surface area contributed by atoms with E-state index in [9.17, 15) is 14.4 Å². The Hall–Kier alpha value is -3.15. The normalized spacial score (nSPS) is 10.9. The molecule has 0 unspecified atom stereocenters. The van der Waals surface area contributed by atoms with Gasteiger partial charge in [-0.3, -0.25) is 4.79 Å².